The van der Waals surface area contributed by atoms with Gasteiger partial charge in [0.05, 0.1) is 6.54 Å². The Morgan fingerprint density at radius 3 is 2.76 bits per heavy atom. The lowest BCUT2D eigenvalue weighted by atomic mass is 9.96. The summed E-state index contributed by atoms with van der Waals surface area (Å²) in [6.45, 7) is 9.60. The lowest BCUT2D eigenvalue weighted by Crippen LogP contribution is -2.40. The van der Waals surface area contributed by atoms with Gasteiger partial charge in [0.1, 0.15) is 10.8 Å². The first-order valence-corrected chi connectivity index (χ1v) is 9.66. The smallest absolute Gasteiger partial charge is 0.240 e. The molecule has 3 rings (SSSR count). The molecule has 1 aliphatic heterocycles. The van der Waals surface area contributed by atoms with Crippen LogP contribution in [-0.2, 0) is 11.3 Å². The average molecular weight is 363 g/mol. The summed E-state index contributed by atoms with van der Waals surface area (Å²) in [4.78, 5) is 18.8. The van der Waals surface area contributed by atoms with Crippen LogP contribution in [0.15, 0.2) is 12.4 Å². The maximum absolute atomic E-state index is 12.1. The number of carbonyl (C=O) groups is 1. The van der Waals surface area contributed by atoms with Crippen molar-refractivity contribution in [3.05, 3.63) is 23.2 Å². The molecule has 8 heteroatoms. The molecular formula is C17H26N6OS. The van der Waals surface area contributed by atoms with E-state index in [0.717, 1.165) is 43.3 Å². The van der Waals surface area contributed by atoms with E-state index < -0.39 is 0 Å². The van der Waals surface area contributed by atoms with Crippen LogP contribution in [0.4, 0.5) is 5.13 Å². The van der Waals surface area contributed by atoms with E-state index >= 15 is 0 Å². The van der Waals surface area contributed by atoms with E-state index in [1.807, 2.05) is 13.1 Å². The molecular weight excluding hydrogens is 336 g/mol. The van der Waals surface area contributed by atoms with Crippen LogP contribution in [0.2, 0.25) is 0 Å². The monoisotopic (exact) mass is 362 g/mol. The summed E-state index contributed by atoms with van der Waals surface area (Å²) in [6.07, 6.45) is 6.20. The normalized spacial score (nSPS) is 16.5. The number of aryl methyl sites for hydroxylation is 1. The van der Waals surface area contributed by atoms with Gasteiger partial charge in [0, 0.05) is 24.9 Å². The highest BCUT2D eigenvalue weighted by atomic mass is 32.1. The van der Waals surface area contributed by atoms with Crippen molar-refractivity contribution >= 4 is 22.4 Å². The molecule has 0 bridgehead atoms. The van der Waals surface area contributed by atoms with Crippen molar-refractivity contribution in [3.63, 3.8) is 0 Å². The molecule has 25 heavy (non-hydrogen) atoms. The molecule has 0 unspecified atom stereocenters. The van der Waals surface area contributed by atoms with E-state index in [2.05, 4.69) is 50.0 Å². The molecule has 0 saturated carbocycles. The number of amides is 1. The third kappa shape index (κ3) is 4.85. The number of hydrogen-bond donors (Lipinski definition) is 1. The van der Waals surface area contributed by atoms with Crippen molar-refractivity contribution < 1.29 is 4.79 Å². The number of hydrogen-bond acceptors (Lipinski definition) is 6. The van der Waals surface area contributed by atoms with Crippen LogP contribution in [0.1, 0.15) is 43.4 Å². The maximum Gasteiger partial charge on any atom is 0.240 e. The Morgan fingerprint density at radius 1 is 1.36 bits per heavy atom. The summed E-state index contributed by atoms with van der Waals surface area (Å²) in [7, 11) is 0. The molecule has 2 aromatic heterocycles. The predicted octanol–water partition coefficient (Wildman–Crippen LogP) is 2.52. The highest BCUT2D eigenvalue weighted by Gasteiger charge is 2.22. The molecule has 1 saturated heterocycles. The van der Waals surface area contributed by atoms with E-state index in [9.17, 15) is 4.79 Å². The first kappa shape index (κ1) is 18.0. The standard InChI is InChI=1S/C17H26N6OS/c1-12(2)16-18-6-9-23(16)10-14-4-7-22(8-5-14)11-15(24)19-17-21-20-13(3)25-17/h6,9,12,14H,4-5,7-8,10-11H2,1-3H3,(H,19,21,24). The van der Waals surface area contributed by atoms with Crippen LogP contribution in [0.5, 0.6) is 0 Å². The van der Waals surface area contributed by atoms with Crippen LogP contribution < -0.4 is 5.32 Å². The molecule has 0 atom stereocenters. The molecule has 1 fully saturated rings. The number of piperidine rings is 1. The van der Waals surface area contributed by atoms with Gasteiger partial charge in [-0.3, -0.25) is 15.0 Å². The number of anilines is 1. The van der Waals surface area contributed by atoms with Crippen molar-refractivity contribution in [2.45, 2.75) is 46.1 Å². The summed E-state index contributed by atoms with van der Waals surface area (Å²) in [5.74, 6) is 2.25. The van der Waals surface area contributed by atoms with Crippen LogP contribution >= 0.6 is 11.3 Å². The SMILES string of the molecule is Cc1nnc(NC(=O)CN2CCC(Cn3ccnc3C(C)C)CC2)s1. The molecule has 7 nitrogen and oxygen atoms in total. The lowest BCUT2D eigenvalue weighted by Gasteiger charge is -2.31. The Labute approximate surface area is 152 Å². The van der Waals surface area contributed by atoms with E-state index in [1.54, 1.807) is 0 Å². The Balaban J connectivity index is 1.44. The van der Waals surface area contributed by atoms with Gasteiger partial charge in [0.25, 0.3) is 0 Å². The molecule has 3 heterocycles. The summed E-state index contributed by atoms with van der Waals surface area (Å²) in [5.41, 5.74) is 0. The Bertz CT molecular complexity index is 702. The first-order chi connectivity index (χ1) is 12.0. The predicted molar refractivity (Wildman–Crippen MR) is 98.8 cm³/mol. The molecule has 136 valence electrons. The molecule has 0 spiro atoms. The largest absolute Gasteiger partial charge is 0.334 e. The van der Waals surface area contributed by atoms with Crippen molar-refractivity contribution in [2.24, 2.45) is 5.92 Å². The molecule has 2 aromatic rings. The number of carbonyl (C=O) groups excluding carboxylic acids is 1. The van der Waals surface area contributed by atoms with Gasteiger partial charge in [-0.1, -0.05) is 25.2 Å². The maximum atomic E-state index is 12.1. The number of nitrogens with zero attached hydrogens (tertiary/aromatic N) is 5. The molecule has 1 amide bonds. The number of likely N-dealkylation sites (tertiary alicyclic amines) is 1. The van der Waals surface area contributed by atoms with Gasteiger partial charge in [-0.2, -0.15) is 0 Å². The fourth-order valence-electron chi connectivity index (χ4n) is 3.29. The van der Waals surface area contributed by atoms with E-state index in [1.165, 1.54) is 11.3 Å². The van der Waals surface area contributed by atoms with Crippen LogP contribution in [0.25, 0.3) is 0 Å². The number of aromatic nitrogens is 4. The quantitative estimate of drug-likeness (QED) is 0.854. The second-order valence-corrected chi connectivity index (χ2v) is 8.17. The Kier molecular flexibility index (Phi) is 5.80. The average Bonchev–Trinajstić information content (AvgIpc) is 3.18. The van der Waals surface area contributed by atoms with Gasteiger partial charge in [0.15, 0.2) is 0 Å². The van der Waals surface area contributed by atoms with Crippen molar-refractivity contribution in [1.82, 2.24) is 24.6 Å². The van der Waals surface area contributed by atoms with E-state index in [-0.39, 0.29) is 5.91 Å². The fraction of sp³-hybridized carbons (Fsp3) is 0.647. The van der Waals surface area contributed by atoms with Gasteiger partial charge < -0.3 is 4.57 Å². The van der Waals surface area contributed by atoms with E-state index in [0.29, 0.717) is 23.5 Å². The molecule has 0 radical (unpaired) electrons. The highest BCUT2D eigenvalue weighted by Crippen LogP contribution is 2.22. The molecule has 1 N–H and O–H groups in total. The van der Waals surface area contributed by atoms with Crippen LogP contribution in [0, 0.1) is 12.8 Å². The van der Waals surface area contributed by atoms with Gasteiger partial charge in [-0.05, 0) is 38.8 Å². The minimum atomic E-state index is -0.00805. The molecule has 0 aliphatic carbocycles. The van der Waals surface area contributed by atoms with Crippen LogP contribution in [0.3, 0.4) is 0 Å². The van der Waals surface area contributed by atoms with Gasteiger partial charge in [-0.15, -0.1) is 10.2 Å². The van der Waals surface area contributed by atoms with Crippen molar-refractivity contribution in [2.75, 3.05) is 25.0 Å². The van der Waals surface area contributed by atoms with Gasteiger partial charge >= 0.3 is 0 Å². The zero-order valence-electron chi connectivity index (χ0n) is 15.1. The summed E-state index contributed by atoms with van der Waals surface area (Å²) in [6, 6.07) is 0. The van der Waals surface area contributed by atoms with Crippen molar-refractivity contribution in [3.8, 4) is 0 Å². The number of nitrogens with one attached hydrogen (secondary N) is 1. The minimum absolute atomic E-state index is 0.00805. The van der Waals surface area contributed by atoms with Gasteiger partial charge in [0.2, 0.25) is 11.0 Å². The van der Waals surface area contributed by atoms with Crippen LogP contribution in [-0.4, -0.2) is 50.2 Å². The zero-order chi connectivity index (χ0) is 17.8. The molecule has 1 aliphatic rings. The third-order valence-corrected chi connectivity index (χ3v) is 5.32. The van der Waals surface area contributed by atoms with E-state index in [4.69, 9.17) is 0 Å². The number of imidazole rings is 1. The fourth-order valence-corrected chi connectivity index (χ4v) is 3.90. The lowest BCUT2D eigenvalue weighted by molar-refractivity contribution is -0.117. The topological polar surface area (TPSA) is 75.9 Å². The third-order valence-electron chi connectivity index (χ3n) is 4.57. The van der Waals surface area contributed by atoms with Crippen molar-refractivity contribution in [1.29, 1.82) is 0 Å². The summed E-state index contributed by atoms with van der Waals surface area (Å²) in [5, 5.41) is 12.1. The summed E-state index contributed by atoms with van der Waals surface area (Å²) >= 11 is 1.40. The van der Waals surface area contributed by atoms with Gasteiger partial charge in [-0.25, -0.2) is 4.98 Å². The minimum Gasteiger partial charge on any atom is -0.334 e. The zero-order valence-corrected chi connectivity index (χ0v) is 15.9. The molecule has 0 aromatic carbocycles. The second-order valence-electron chi connectivity index (χ2n) is 6.99. The Hall–Kier alpha value is -1.80. The first-order valence-electron chi connectivity index (χ1n) is 8.84. The second kappa shape index (κ2) is 8.05. The summed E-state index contributed by atoms with van der Waals surface area (Å²) < 4.78 is 2.29. The Morgan fingerprint density at radius 2 is 2.12 bits per heavy atom. The number of rotatable bonds is 6. The highest BCUT2D eigenvalue weighted by molar-refractivity contribution is 7.15.